The molecule has 0 unspecified atom stereocenters. The van der Waals surface area contributed by atoms with Gasteiger partial charge in [-0.2, -0.15) is 42.7 Å². The minimum absolute atomic E-state index is 0.0550. The summed E-state index contributed by atoms with van der Waals surface area (Å²) in [7, 11) is 1.41. The molecule has 11 nitrogen and oxygen atoms in total. The number of anilines is 2. The average Bonchev–Trinajstić information content (AvgIpc) is 3.77. The first-order valence-corrected chi connectivity index (χ1v) is 18.9. The molecule has 0 radical (unpaired) electrons. The van der Waals surface area contributed by atoms with Crippen molar-refractivity contribution in [1.82, 2.24) is 14.7 Å². The highest BCUT2D eigenvalue weighted by Crippen LogP contribution is 2.41. The molecule has 2 atom stereocenters. The van der Waals surface area contributed by atoms with E-state index in [1.165, 1.54) is 94.5 Å². The van der Waals surface area contributed by atoms with E-state index in [4.69, 9.17) is 10.5 Å². The number of amides is 3. The van der Waals surface area contributed by atoms with Crippen LogP contribution in [0.2, 0.25) is 0 Å². The Morgan fingerprint density at radius 1 is 1.00 bits per heavy atom. The van der Waals surface area contributed by atoms with Crippen LogP contribution in [-0.4, -0.2) is 90.2 Å². The minimum Gasteiger partial charge on any atom is -0.495 e. The predicted octanol–water partition coefficient (Wildman–Crippen LogP) is 5.49. The lowest BCUT2D eigenvalue weighted by molar-refractivity contribution is -0.128. The highest BCUT2D eigenvalue weighted by molar-refractivity contribution is 7.98. The number of alkyl halides is 2. The Morgan fingerprint density at radius 3 is 2.20 bits per heavy atom. The van der Waals surface area contributed by atoms with Crippen molar-refractivity contribution in [2.24, 2.45) is 5.73 Å². The molecule has 0 aliphatic carbocycles. The summed E-state index contributed by atoms with van der Waals surface area (Å²) in [5, 5.41) is 16.5. The molecule has 0 spiro atoms. The first kappa shape index (κ1) is 38.9. The van der Waals surface area contributed by atoms with Crippen molar-refractivity contribution in [2.75, 3.05) is 62.0 Å². The molecule has 0 bridgehead atoms. The van der Waals surface area contributed by atoms with Gasteiger partial charge in [0.15, 0.2) is 5.69 Å². The second-order valence-corrected chi connectivity index (χ2v) is 13.1. The summed E-state index contributed by atoms with van der Waals surface area (Å²) in [6.45, 7) is 0.120. The van der Waals surface area contributed by atoms with Crippen LogP contribution in [0, 0.1) is 11.3 Å². The number of thioether (sulfide) groups is 2. The summed E-state index contributed by atoms with van der Waals surface area (Å²) in [4.78, 5) is 43.0. The summed E-state index contributed by atoms with van der Waals surface area (Å²) in [5.74, 6) is -4.41. The number of likely N-dealkylation sites (tertiary alicyclic amines) is 1. The number of methoxy groups -OCH3 is 1. The van der Waals surface area contributed by atoms with Gasteiger partial charge in [0.2, 0.25) is 5.91 Å². The molecule has 6 rings (SSSR count). The lowest BCUT2D eigenvalue weighted by Gasteiger charge is -2.37. The second kappa shape index (κ2) is 17.3. The largest absolute Gasteiger partial charge is 0.495 e. The van der Waals surface area contributed by atoms with E-state index in [9.17, 15) is 19.6 Å². The summed E-state index contributed by atoms with van der Waals surface area (Å²) in [6, 6.07) is 18.1. The number of nitrogens with two attached hydrogens (primary N) is 1. The summed E-state index contributed by atoms with van der Waals surface area (Å²) >= 11 is 3.50. The highest BCUT2D eigenvalue weighted by atomic mass is 32.2. The smallest absolute Gasteiger partial charge is 0.298 e. The molecule has 1 aromatic heterocycles. The van der Waals surface area contributed by atoms with E-state index in [2.05, 4.69) is 10.4 Å². The zero-order valence-corrected chi connectivity index (χ0v) is 30.4. The van der Waals surface area contributed by atoms with Crippen molar-refractivity contribution in [3.05, 3.63) is 107 Å². The molecule has 3 N–H and O–H groups in total. The molecule has 1 fully saturated rings. The number of hydrogen-bond acceptors (Lipinski definition) is 9. The molecule has 3 heterocycles. The number of carbonyl (C=O) groups is 3. The number of ether oxygens (including phenoxy) is 1. The van der Waals surface area contributed by atoms with Gasteiger partial charge in [-0.1, -0.05) is 42.5 Å². The van der Waals surface area contributed by atoms with Crippen molar-refractivity contribution in [3.63, 3.8) is 0 Å². The van der Waals surface area contributed by atoms with E-state index in [-0.39, 0.29) is 59.2 Å². The third-order valence-corrected chi connectivity index (χ3v) is 8.12. The van der Waals surface area contributed by atoms with E-state index in [1.807, 2.05) is 31.1 Å². The fourth-order valence-electron chi connectivity index (χ4n) is 5.86. The quantitative estimate of drug-likeness (QED) is 0.252. The summed E-state index contributed by atoms with van der Waals surface area (Å²) < 4.78 is 37.2. The lowest BCUT2D eigenvalue weighted by atomic mass is 9.99. The van der Waals surface area contributed by atoms with Crippen LogP contribution in [0.1, 0.15) is 43.6 Å². The zero-order valence-electron chi connectivity index (χ0n) is 28.8. The maximum Gasteiger partial charge on any atom is 0.298 e. The number of rotatable bonds is 7. The maximum absolute atomic E-state index is 15.3. The Hall–Kier alpha value is -4.91. The van der Waals surface area contributed by atoms with E-state index in [0.29, 0.717) is 11.4 Å². The number of hydrogen-bond donors (Lipinski definition) is 2. The molecule has 2 aliphatic rings. The van der Waals surface area contributed by atoms with E-state index >= 15 is 8.78 Å². The van der Waals surface area contributed by atoms with Crippen LogP contribution in [0.15, 0.2) is 79.0 Å². The van der Waals surface area contributed by atoms with E-state index in [1.54, 1.807) is 29.6 Å². The predicted molar refractivity (Wildman–Crippen MR) is 198 cm³/mol. The van der Waals surface area contributed by atoms with Gasteiger partial charge < -0.3 is 20.7 Å². The molecule has 4 aromatic rings. The zero-order chi connectivity index (χ0) is 37.3. The van der Waals surface area contributed by atoms with Crippen molar-refractivity contribution in [2.45, 2.75) is 18.0 Å². The number of fused-ring (bicyclic) bond motifs is 3. The van der Waals surface area contributed by atoms with Crippen molar-refractivity contribution >= 4 is 52.6 Å². The first-order chi connectivity index (χ1) is 24.5. The van der Waals surface area contributed by atoms with Gasteiger partial charge in [-0.25, -0.2) is 0 Å². The third-order valence-electron chi connectivity index (χ3n) is 8.12. The summed E-state index contributed by atoms with van der Waals surface area (Å²) in [5.41, 5.74) is 6.02. The van der Waals surface area contributed by atoms with Crippen LogP contribution in [-0.2, 0) is 10.7 Å². The van der Waals surface area contributed by atoms with Crippen LogP contribution in [0.4, 0.5) is 20.2 Å². The number of nitriles is 1. The Kier molecular flexibility index (Phi) is 13.2. The topological polar surface area (TPSA) is 147 Å². The fourth-order valence-corrected chi connectivity index (χ4v) is 5.86. The SMILES string of the molecule is COc1ccc(C(=O)Nc2cnn3c2C(=O)N(c2ccc(C(F)(F)c4ccccc4)cc2)[C@H]2CN(C(=O)CN)C[C@@H]23)cc1C#N.CSC.CSC. The Balaban J connectivity index is 0.000000909. The van der Waals surface area contributed by atoms with Crippen LogP contribution in [0.3, 0.4) is 0 Å². The molecular formula is C36H39F2N7O4S2. The molecule has 15 heteroatoms. The van der Waals surface area contributed by atoms with Gasteiger partial charge >= 0.3 is 0 Å². The Morgan fingerprint density at radius 2 is 1.61 bits per heavy atom. The highest BCUT2D eigenvalue weighted by Gasteiger charge is 2.49. The monoisotopic (exact) mass is 735 g/mol. The Labute approximate surface area is 304 Å². The first-order valence-electron chi connectivity index (χ1n) is 15.6. The van der Waals surface area contributed by atoms with Gasteiger partial charge in [0.25, 0.3) is 17.7 Å². The van der Waals surface area contributed by atoms with Gasteiger partial charge in [0.05, 0.1) is 43.2 Å². The summed E-state index contributed by atoms with van der Waals surface area (Å²) in [6.07, 6.45) is 9.51. The number of nitrogens with one attached hydrogen (secondary N) is 1. The molecule has 268 valence electrons. The molecule has 3 aromatic carbocycles. The molecule has 0 saturated carbocycles. The Bertz CT molecular complexity index is 1880. The van der Waals surface area contributed by atoms with Crippen molar-refractivity contribution in [1.29, 1.82) is 5.26 Å². The van der Waals surface area contributed by atoms with Crippen LogP contribution in [0.5, 0.6) is 5.75 Å². The van der Waals surface area contributed by atoms with Crippen LogP contribution >= 0.6 is 23.5 Å². The standard InChI is InChI=1S/C32H27F2N7O4.2C2H6S/c1-45-27-12-7-19(13-20(27)14-35)30(43)38-24-16-37-41-26-18-39(28(42)15-36)17-25(26)40(31(44)29(24)41)23-10-8-22(9-11-23)32(33,34)21-5-3-2-4-6-21;2*1-3-2/h2-13,16,25-26H,15,17-18,36H2,1H3,(H,38,43);2*1-2H3/t25-,26-;;/m0../s1. The van der Waals surface area contributed by atoms with Crippen LogP contribution < -0.4 is 20.7 Å². The van der Waals surface area contributed by atoms with Gasteiger partial charge in [0, 0.05) is 35.5 Å². The minimum atomic E-state index is -3.27. The number of carbonyl (C=O) groups excluding carboxylic acids is 3. The molecule has 3 amide bonds. The van der Waals surface area contributed by atoms with Gasteiger partial charge in [-0.15, -0.1) is 0 Å². The number of halogens is 2. The molecular weight excluding hydrogens is 697 g/mol. The molecule has 51 heavy (non-hydrogen) atoms. The van der Waals surface area contributed by atoms with Crippen LogP contribution in [0.25, 0.3) is 0 Å². The number of benzene rings is 3. The lowest BCUT2D eigenvalue weighted by Crippen LogP contribution is -2.51. The van der Waals surface area contributed by atoms with E-state index < -0.39 is 29.8 Å². The van der Waals surface area contributed by atoms with Crippen molar-refractivity contribution < 1.29 is 27.9 Å². The van der Waals surface area contributed by atoms with Gasteiger partial charge in [-0.05, 0) is 55.4 Å². The van der Waals surface area contributed by atoms with E-state index in [0.717, 1.165) is 0 Å². The van der Waals surface area contributed by atoms with Crippen molar-refractivity contribution in [3.8, 4) is 11.8 Å². The van der Waals surface area contributed by atoms with Gasteiger partial charge in [-0.3, -0.25) is 24.0 Å². The number of aromatic nitrogens is 2. The maximum atomic E-state index is 15.3. The molecule has 1 saturated heterocycles. The normalized spacial score (nSPS) is 16.0. The average molecular weight is 736 g/mol. The number of nitrogens with zero attached hydrogens (tertiary/aromatic N) is 5. The second-order valence-electron chi connectivity index (χ2n) is 11.4. The molecule has 2 aliphatic heterocycles. The third kappa shape index (κ3) is 8.19. The van der Waals surface area contributed by atoms with Gasteiger partial charge in [0.1, 0.15) is 11.8 Å². The fraction of sp³-hybridized carbons (Fsp3) is 0.306.